The van der Waals surface area contributed by atoms with E-state index < -0.39 is 17.8 Å². The lowest BCUT2D eigenvalue weighted by molar-refractivity contribution is -0.135. The number of fused-ring (bicyclic) bond motifs is 1. The lowest BCUT2D eigenvalue weighted by atomic mass is 9.99. The van der Waals surface area contributed by atoms with Crippen molar-refractivity contribution in [1.82, 2.24) is 14.9 Å². The van der Waals surface area contributed by atoms with Gasteiger partial charge in [-0.25, -0.2) is 14.4 Å². The van der Waals surface area contributed by atoms with Gasteiger partial charge in [0.15, 0.2) is 5.78 Å². The van der Waals surface area contributed by atoms with Crippen molar-refractivity contribution < 1.29 is 28.6 Å². The lowest BCUT2D eigenvalue weighted by Gasteiger charge is -2.24. The van der Waals surface area contributed by atoms with Crippen LogP contribution in [0.3, 0.4) is 0 Å². The number of ketones is 1. The molecule has 1 unspecified atom stereocenters. The quantitative estimate of drug-likeness (QED) is 0.349. The van der Waals surface area contributed by atoms with E-state index in [1.165, 1.54) is 24.5 Å². The van der Waals surface area contributed by atoms with Gasteiger partial charge in [0.2, 0.25) is 5.91 Å². The fourth-order valence-corrected chi connectivity index (χ4v) is 5.18. The highest BCUT2D eigenvalue weighted by molar-refractivity contribution is 8.00. The number of thioether (sulfide) groups is 1. The van der Waals surface area contributed by atoms with E-state index >= 15 is 0 Å². The SMILES string of the molecule is CCOc1cc2ncnc(Nc3ccc(F)c(Cl)c3)c2cc1CC(=O)C1CCCN1C(=O)CSCC(=O)O. The number of amides is 1. The van der Waals surface area contributed by atoms with Crippen molar-refractivity contribution in [3.63, 3.8) is 0 Å². The highest BCUT2D eigenvalue weighted by Crippen LogP contribution is 2.32. The Balaban J connectivity index is 1.59. The fraction of sp³-hybridized carbons (Fsp3) is 0.346. The van der Waals surface area contributed by atoms with Gasteiger partial charge in [-0.1, -0.05) is 11.6 Å². The Bertz CT molecular complexity index is 1370. The third-order valence-corrected chi connectivity index (χ3v) is 7.25. The first-order valence-corrected chi connectivity index (χ1v) is 13.5. The second kappa shape index (κ2) is 12.4. The molecular weight excluding hydrogens is 535 g/mol. The molecule has 4 rings (SSSR count). The topological polar surface area (TPSA) is 122 Å². The Hall–Kier alpha value is -3.44. The largest absolute Gasteiger partial charge is 0.494 e. The Morgan fingerprint density at radius 2 is 2.05 bits per heavy atom. The number of anilines is 2. The smallest absolute Gasteiger partial charge is 0.313 e. The van der Waals surface area contributed by atoms with Gasteiger partial charge in [-0.15, -0.1) is 11.8 Å². The second-order valence-electron chi connectivity index (χ2n) is 8.66. The van der Waals surface area contributed by atoms with Gasteiger partial charge in [-0.05, 0) is 44.0 Å². The maximum atomic E-state index is 13.6. The summed E-state index contributed by atoms with van der Waals surface area (Å²) in [6, 6.07) is 7.18. The highest BCUT2D eigenvalue weighted by Gasteiger charge is 2.34. The van der Waals surface area contributed by atoms with Crippen LogP contribution < -0.4 is 10.1 Å². The average Bonchev–Trinajstić information content (AvgIpc) is 3.37. The number of nitrogens with zero attached hydrogens (tertiary/aromatic N) is 3. The number of carbonyl (C=O) groups excluding carboxylic acids is 2. The number of aromatic nitrogens is 2. The standard InChI is InChI=1S/C26H26ClFN4O5S/c1-2-37-23-11-20-17(26(30-14-29-20)31-16-5-6-19(28)18(27)10-16)8-15(23)9-22(33)21-4-3-7-32(21)24(34)12-38-13-25(35)36/h5-6,8,10-11,14,21H,2-4,7,9,12-13H2,1H3,(H,35,36)(H,29,30,31). The number of rotatable bonds is 11. The summed E-state index contributed by atoms with van der Waals surface area (Å²) in [5, 5.41) is 12.5. The molecule has 0 bridgehead atoms. The molecule has 1 saturated heterocycles. The molecule has 0 aliphatic carbocycles. The molecule has 1 aliphatic rings. The van der Waals surface area contributed by atoms with E-state index in [1.54, 1.807) is 17.0 Å². The molecular formula is C26H26ClFN4O5S. The van der Waals surface area contributed by atoms with Gasteiger partial charge in [0.25, 0.3) is 0 Å². The number of carboxylic acids is 1. The molecule has 0 spiro atoms. The molecule has 200 valence electrons. The molecule has 2 N–H and O–H groups in total. The van der Waals surface area contributed by atoms with Crippen LogP contribution >= 0.6 is 23.4 Å². The Morgan fingerprint density at radius 1 is 1.24 bits per heavy atom. The zero-order valence-corrected chi connectivity index (χ0v) is 22.1. The van der Waals surface area contributed by atoms with E-state index in [4.69, 9.17) is 21.4 Å². The van der Waals surface area contributed by atoms with E-state index in [-0.39, 0.29) is 34.6 Å². The van der Waals surface area contributed by atoms with Crippen molar-refractivity contribution in [3.05, 3.63) is 53.1 Å². The van der Waals surface area contributed by atoms with Crippen LogP contribution in [0.1, 0.15) is 25.3 Å². The van der Waals surface area contributed by atoms with E-state index in [9.17, 15) is 18.8 Å². The summed E-state index contributed by atoms with van der Waals surface area (Å²) in [6.45, 7) is 2.68. The Kier molecular flexibility index (Phi) is 9.01. The molecule has 1 aliphatic heterocycles. The Labute approximate surface area is 227 Å². The number of likely N-dealkylation sites (tertiary alicyclic amines) is 1. The van der Waals surface area contributed by atoms with Crippen LogP contribution in [0, 0.1) is 5.82 Å². The van der Waals surface area contributed by atoms with E-state index in [2.05, 4.69) is 15.3 Å². The maximum absolute atomic E-state index is 13.6. The minimum absolute atomic E-state index is 0.00994. The number of carbonyl (C=O) groups is 3. The number of aliphatic carboxylic acids is 1. The minimum atomic E-state index is -0.989. The molecule has 3 aromatic rings. The molecule has 1 fully saturated rings. The zero-order chi connectivity index (χ0) is 27.2. The molecule has 38 heavy (non-hydrogen) atoms. The fourth-order valence-electron chi connectivity index (χ4n) is 4.38. The van der Waals surface area contributed by atoms with E-state index in [1.807, 2.05) is 6.92 Å². The van der Waals surface area contributed by atoms with Gasteiger partial charge in [0, 0.05) is 35.7 Å². The van der Waals surface area contributed by atoms with E-state index in [0.717, 1.165) is 11.8 Å². The predicted molar refractivity (Wildman–Crippen MR) is 144 cm³/mol. The third kappa shape index (κ3) is 6.51. The Morgan fingerprint density at radius 3 is 2.79 bits per heavy atom. The van der Waals surface area contributed by atoms with E-state index in [0.29, 0.717) is 59.7 Å². The molecule has 12 heteroatoms. The molecule has 9 nitrogen and oxygen atoms in total. The normalized spacial score (nSPS) is 15.0. The summed E-state index contributed by atoms with van der Waals surface area (Å²) in [7, 11) is 0. The van der Waals surface area contributed by atoms with Crippen molar-refractivity contribution in [2.45, 2.75) is 32.2 Å². The zero-order valence-electron chi connectivity index (χ0n) is 20.6. The van der Waals surface area contributed by atoms with Gasteiger partial charge in [0.05, 0.1) is 34.7 Å². The summed E-state index contributed by atoms with van der Waals surface area (Å²) < 4.78 is 19.4. The van der Waals surface area contributed by atoms with Crippen LogP contribution in [0.5, 0.6) is 5.75 Å². The van der Waals surface area contributed by atoms with Crippen LogP contribution in [0.2, 0.25) is 5.02 Å². The van der Waals surface area contributed by atoms with Crippen LogP contribution in [0.15, 0.2) is 36.7 Å². The van der Waals surface area contributed by atoms with Gasteiger partial charge < -0.3 is 20.1 Å². The number of Topliss-reactive ketones (excluding diaryl/α,β-unsaturated/α-hetero) is 1. The lowest BCUT2D eigenvalue weighted by Crippen LogP contribution is -2.42. The predicted octanol–water partition coefficient (Wildman–Crippen LogP) is 4.49. The first kappa shape index (κ1) is 27.6. The summed E-state index contributed by atoms with van der Waals surface area (Å²) in [6.07, 6.45) is 2.66. The van der Waals surface area contributed by atoms with Gasteiger partial charge in [-0.3, -0.25) is 14.4 Å². The number of hydrogen-bond acceptors (Lipinski definition) is 8. The number of benzene rings is 2. The summed E-state index contributed by atoms with van der Waals surface area (Å²) >= 11 is 6.93. The van der Waals surface area contributed by atoms with Gasteiger partial charge >= 0.3 is 5.97 Å². The maximum Gasteiger partial charge on any atom is 0.313 e. The summed E-state index contributed by atoms with van der Waals surface area (Å²) in [5.41, 5.74) is 1.74. The molecule has 0 radical (unpaired) electrons. The second-order valence-corrected chi connectivity index (χ2v) is 10.1. The van der Waals surface area contributed by atoms with Crippen molar-refractivity contribution >= 4 is 63.4 Å². The number of ether oxygens (including phenoxy) is 1. The number of carboxylic acid groups (broad SMARTS) is 1. The van der Waals surface area contributed by atoms with Crippen LogP contribution in [-0.4, -0.2) is 68.3 Å². The first-order valence-electron chi connectivity index (χ1n) is 12.0. The van der Waals surface area contributed by atoms with Crippen molar-refractivity contribution in [1.29, 1.82) is 0 Å². The molecule has 0 saturated carbocycles. The minimum Gasteiger partial charge on any atom is -0.494 e. The monoisotopic (exact) mass is 560 g/mol. The summed E-state index contributed by atoms with van der Waals surface area (Å²) in [5.74, 6) is -1.10. The van der Waals surface area contributed by atoms with Crippen LogP contribution in [-0.2, 0) is 20.8 Å². The molecule has 1 amide bonds. The van der Waals surface area contributed by atoms with Crippen molar-refractivity contribution in [3.8, 4) is 5.75 Å². The third-order valence-electron chi connectivity index (χ3n) is 6.06. The van der Waals surface area contributed by atoms with Gasteiger partial charge in [0.1, 0.15) is 23.7 Å². The first-order chi connectivity index (χ1) is 18.3. The molecule has 2 aromatic carbocycles. The molecule has 1 aromatic heterocycles. The number of hydrogen-bond donors (Lipinski definition) is 2. The van der Waals surface area contributed by atoms with Gasteiger partial charge in [-0.2, -0.15) is 0 Å². The molecule has 2 heterocycles. The molecule has 1 atom stereocenters. The number of halogens is 2. The number of nitrogens with one attached hydrogen (secondary N) is 1. The van der Waals surface area contributed by atoms with Crippen LogP contribution in [0.4, 0.5) is 15.9 Å². The van der Waals surface area contributed by atoms with Crippen molar-refractivity contribution in [2.75, 3.05) is 30.0 Å². The summed E-state index contributed by atoms with van der Waals surface area (Å²) in [4.78, 5) is 47.0. The van der Waals surface area contributed by atoms with Crippen molar-refractivity contribution in [2.24, 2.45) is 0 Å². The average molecular weight is 561 g/mol. The van der Waals surface area contributed by atoms with Crippen LogP contribution in [0.25, 0.3) is 10.9 Å². The highest BCUT2D eigenvalue weighted by atomic mass is 35.5.